The molecule has 2 aromatic carbocycles. The van der Waals surface area contributed by atoms with Crippen molar-refractivity contribution in [2.24, 2.45) is 0 Å². The van der Waals surface area contributed by atoms with Crippen LogP contribution >= 0.6 is 11.6 Å². The fraction of sp³-hybridized carbons (Fsp3) is 0.333. The van der Waals surface area contributed by atoms with E-state index in [2.05, 4.69) is 21.9 Å². The number of piperidine rings is 1. The topological polar surface area (TPSA) is 47.5 Å². The number of rotatable bonds is 5. The molecule has 0 spiro atoms. The standard InChI is InChI=1S/C21H22ClN3O2/c1-25-9-7-16(8-10-25)27-19-12-17(26-13-15-5-3-2-4-6-15)11-18-20(19)21(22)24-14-23-18/h2-6,11-12,14,16H,7-10,13H2,1H3. The van der Waals surface area contributed by atoms with Crippen molar-refractivity contribution in [3.8, 4) is 11.5 Å². The van der Waals surface area contributed by atoms with Crippen molar-refractivity contribution in [3.05, 3.63) is 59.5 Å². The molecule has 1 aromatic heterocycles. The Hall–Kier alpha value is -2.37. The lowest BCUT2D eigenvalue weighted by Crippen LogP contribution is -2.35. The molecule has 3 aromatic rings. The minimum absolute atomic E-state index is 0.157. The van der Waals surface area contributed by atoms with Crippen LogP contribution in [0.15, 0.2) is 48.8 Å². The third kappa shape index (κ3) is 4.31. The van der Waals surface area contributed by atoms with Gasteiger partial charge < -0.3 is 14.4 Å². The molecule has 6 heteroatoms. The highest BCUT2D eigenvalue weighted by Gasteiger charge is 2.21. The monoisotopic (exact) mass is 383 g/mol. The zero-order chi connectivity index (χ0) is 18.6. The molecule has 0 radical (unpaired) electrons. The number of hydrogen-bond donors (Lipinski definition) is 0. The Morgan fingerprint density at radius 1 is 1.11 bits per heavy atom. The maximum Gasteiger partial charge on any atom is 0.144 e. The Kier molecular flexibility index (Phi) is 5.41. The summed E-state index contributed by atoms with van der Waals surface area (Å²) < 4.78 is 12.3. The van der Waals surface area contributed by atoms with Crippen LogP contribution in [0.1, 0.15) is 18.4 Å². The van der Waals surface area contributed by atoms with Gasteiger partial charge in [0.1, 0.15) is 35.7 Å². The lowest BCUT2D eigenvalue weighted by molar-refractivity contribution is 0.115. The maximum atomic E-state index is 6.35. The minimum Gasteiger partial charge on any atom is -0.489 e. The summed E-state index contributed by atoms with van der Waals surface area (Å²) in [5, 5.41) is 1.14. The number of benzene rings is 2. The summed E-state index contributed by atoms with van der Waals surface area (Å²) in [5.74, 6) is 1.40. The molecule has 0 amide bonds. The molecule has 27 heavy (non-hydrogen) atoms. The van der Waals surface area contributed by atoms with E-state index in [1.807, 2.05) is 42.5 Å². The van der Waals surface area contributed by atoms with E-state index in [1.54, 1.807) is 0 Å². The number of nitrogens with zero attached hydrogens (tertiary/aromatic N) is 3. The van der Waals surface area contributed by atoms with Gasteiger partial charge in [0, 0.05) is 25.2 Å². The Morgan fingerprint density at radius 2 is 1.89 bits per heavy atom. The highest BCUT2D eigenvalue weighted by atomic mass is 35.5. The average molecular weight is 384 g/mol. The predicted molar refractivity (Wildman–Crippen MR) is 106 cm³/mol. The molecule has 0 saturated carbocycles. The number of hydrogen-bond acceptors (Lipinski definition) is 5. The van der Waals surface area contributed by atoms with E-state index in [0.717, 1.165) is 42.4 Å². The van der Waals surface area contributed by atoms with E-state index in [-0.39, 0.29) is 6.10 Å². The van der Waals surface area contributed by atoms with E-state index >= 15 is 0 Å². The Balaban J connectivity index is 1.61. The third-order valence-electron chi connectivity index (χ3n) is 4.84. The van der Waals surface area contributed by atoms with Crippen LogP contribution in [0.3, 0.4) is 0 Å². The van der Waals surface area contributed by atoms with Crippen molar-refractivity contribution in [1.29, 1.82) is 0 Å². The molecule has 1 aliphatic heterocycles. The lowest BCUT2D eigenvalue weighted by Gasteiger charge is -2.29. The quantitative estimate of drug-likeness (QED) is 0.613. The fourth-order valence-electron chi connectivity index (χ4n) is 3.29. The lowest BCUT2D eigenvalue weighted by atomic mass is 10.1. The van der Waals surface area contributed by atoms with E-state index in [1.165, 1.54) is 6.33 Å². The summed E-state index contributed by atoms with van der Waals surface area (Å²) >= 11 is 6.35. The first kappa shape index (κ1) is 18.0. The van der Waals surface area contributed by atoms with Gasteiger partial charge in [-0.1, -0.05) is 41.9 Å². The van der Waals surface area contributed by atoms with Gasteiger partial charge in [-0.15, -0.1) is 0 Å². The molecule has 140 valence electrons. The summed E-state index contributed by atoms with van der Waals surface area (Å²) in [5.41, 5.74) is 1.83. The van der Waals surface area contributed by atoms with Crippen molar-refractivity contribution < 1.29 is 9.47 Å². The van der Waals surface area contributed by atoms with Crippen molar-refractivity contribution >= 4 is 22.5 Å². The smallest absolute Gasteiger partial charge is 0.144 e. The van der Waals surface area contributed by atoms with Crippen LogP contribution in [-0.4, -0.2) is 41.1 Å². The second-order valence-electron chi connectivity index (χ2n) is 6.87. The normalized spacial score (nSPS) is 15.8. The van der Waals surface area contributed by atoms with Crippen molar-refractivity contribution in [2.45, 2.75) is 25.6 Å². The van der Waals surface area contributed by atoms with Crippen LogP contribution in [0.2, 0.25) is 5.15 Å². The SMILES string of the molecule is CN1CCC(Oc2cc(OCc3ccccc3)cc3ncnc(Cl)c23)CC1. The summed E-state index contributed by atoms with van der Waals surface area (Å²) in [6, 6.07) is 13.9. The first-order chi connectivity index (χ1) is 13.2. The van der Waals surface area contributed by atoms with Crippen LogP contribution in [0.5, 0.6) is 11.5 Å². The molecule has 2 heterocycles. The van der Waals surface area contributed by atoms with Gasteiger partial charge >= 0.3 is 0 Å². The van der Waals surface area contributed by atoms with Crippen LogP contribution in [0.4, 0.5) is 0 Å². The van der Waals surface area contributed by atoms with Crippen molar-refractivity contribution in [3.63, 3.8) is 0 Å². The van der Waals surface area contributed by atoms with Gasteiger partial charge in [0.2, 0.25) is 0 Å². The first-order valence-electron chi connectivity index (χ1n) is 9.15. The number of fused-ring (bicyclic) bond motifs is 1. The second kappa shape index (κ2) is 8.11. The van der Waals surface area contributed by atoms with Gasteiger partial charge in [0.15, 0.2) is 0 Å². The Labute approximate surface area is 163 Å². The fourth-order valence-corrected chi connectivity index (χ4v) is 3.52. The van der Waals surface area contributed by atoms with E-state index in [9.17, 15) is 0 Å². The number of ether oxygens (including phenoxy) is 2. The molecular formula is C21H22ClN3O2. The molecule has 4 rings (SSSR count). The summed E-state index contributed by atoms with van der Waals surface area (Å²) in [4.78, 5) is 10.8. The summed E-state index contributed by atoms with van der Waals surface area (Å²) in [6.45, 7) is 2.53. The van der Waals surface area contributed by atoms with Gasteiger partial charge in [-0.3, -0.25) is 0 Å². The highest BCUT2D eigenvalue weighted by Crippen LogP contribution is 2.35. The number of aromatic nitrogens is 2. The largest absolute Gasteiger partial charge is 0.489 e. The van der Waals surface area contributed by atoms with E-state index in [4.69, 9.17) is 21.1 Å². The maximum absolute atomic E-state index is 6.35. The molecule has 1 saturated heterocycles. The van der Waals surface area contributed by atoms with Crippen LogP contribution < -0.4 is 9.47 Å². The Morgan fingerprint density at radius 3 is 2.67 bits per heavy atom. The number of halogens is 1. The van der Waals surface area contributed by atoms with Crippen LogP contribution in [0, 0.1) is 0 Å². The van der Waals surface area contributed by atoms with Gasteiger partial charge in [-0.05, 0) is 25.5 Å². The zero-order valence-corrected chi connectivity index (χ0v) is 16.0. The molecule has 0 N–H and O–H groups in total. The number of likely N-dealkylation sites (tertiary alicyclic amines) is 1. The first-order valence-corrected chi connectivity index (χ1v) is 9.53. The van der Waals surface area contributed by atoms with Gasteiger partial charge in [-0.25, -0.2) is 9.97 Å². The average Bonchev–Trinajstić information content (AvgIpc) is 2.69. The van der Waals surface area contributed by atoms with Crippen LogP contribution in [0.25, 0.3) is 10.9 Å². The molecular weight excluding hydrogens is 362 g/mol. The van der Waals surface area contributed by atoms with Gasteiger partial charge in [-0.2, -0.15) is 0 Å². The molecule has 1 aliphatic rings. The van der Waals surface area contributed by atoms with Crippen LogP contribution in [-0.2, 0) is 6.61 Å². The zero-order valence-electron chi connectivity index (χ0n) is 15.3. The molecule has 5 nitrogen and oxygen atoms in total. The van der Waals surface area contributed by atoms with E-state index in [0.29, 0.717) is 23.3 Å². The summed E-state index contributed by atoms with van der Waals surface area (Å²) in [7, 11) is 2.13. The van der Waals surface area contributed by atoms with Crippen molar-refractivity contribution in [2.75, 3.05) is 20.1 Å². The molecule has 0 aliphatic carbocycles. The molecule has 0 unspecified atom stereocenters. The van der Waals surface area contributed by atoms with E-state index < -0.39 is 0 Å². The van der Waals surface area contributed by atoms with Gasteiger partial charge in [0.25, 0.3) is 0 Å². The molecule has 1 fully saturated rings. The summed E-state index contributed by atoms with van der Waals surface area (Å²) in [6.07, 6.45) is 3.59. The molecule has 0 bridgehead atoms. The minimum atomic E-state index is 0.157. The van der Waals surface area contributed by atoms with Crippen molar-refractivity contribution in [1.82, 2.24) is 14.9 Å². The molecule has 0 atom stereocenters. The predicted octanol–water partition coefficient (Wildman–Crippen LogP) is 4.34. The highest BCUT2D eigenvalue weighted by molar-refractivity contribution is 6.34. The van der Waals surface area contributed by atoms with Gasteiger partial charge in [0.05, 0.1) is 10.9 Å². The Bertz CT molecular complexity index is 912. The second-order valence-corrected chi connectivity index (χ2v) is 7.23. The third-order valence-corrected chi connectivity index (χ3v) is 5.12.